The molecule has 0 aliphatic carbocycles. The van der Waals surface area contributed by atoms with Crippen LogP contribution in [0.1, 0.15) is 181 Å². The highest BCUT2D eigenvalue weighted by molar-refractivity contribution is 7.91. The number of esters is 2. The van der Waals surface area contributed by atoms with Gasteiger partial charge < -0.3 is 24.6 Å². The van der Waals surface area contributed by atoms with Gasteiger partial charge in [0, 0.05) is 32.1 Å². The third kappa shape index (κ3) is 32.2. The van der Waals surface area contributed by atoms with Crippen LogP contribution < -0.4 is 5.32 Å². The van der Waals surface area contributed by atoms with E-state index in [1.54, 1.807) is 0 Å². The van der Waals surface area contributed by atoms with Crippen molar-refractivity contribution in [3.05, 3.63) is 5.21 Å². The molecule has 0 aromatic carbocycles. The van der Waals surface area contributed by atoms with Crippen LogP contribution in [0, 0.1) is 5.21 Å². The lowest BCUT2D eigenvalue weighted by Gasteiger charge is -2.43. The fourth-order valence-corrected chi connectivity index (χ4v) is 6.72. The zero-order chi connectivity index (χ0) is 37.4. The molecular weight excluding hydrogens is 657 g/mol. The van der Waals surface area contributed by atoms with E-state index in [0.717, 1.165) is 122 Å². The number of quaternary nitrogens is 1. The minimum absolute atomic E-state index is 0.0449. The Bertz CT molecular complexity index is 962. The lowest BCUT2D eigenvalue weighted by molar-refractivity contribution is -0.881. The summed E-state index contributed by atoms with van der Waals surface area (Å²) in [7, 11) is -3.39. The maximum Gasteiger partial charge on any atom is 0.306 e. The molecule has 0 aliphatic heterocycles. The second-order valence-electron chi connectivity index (χ2n) is 14.4. The molecule has 0 saturated carbocycles. The standard InChI is InChI=1S/C39H76N2O8S/c1-5-8-11-18-24-34-48-38(43)28-20-14-12-16-22-31-41(45,33-25-30-40-37(42)35-50(4,46)47)32-23-17-13-15-21-29-39(44)49-36(26-10-7-3)27-19-9-6-2/h36H,5-35H2,1-4H3,(H,40,42). The normalized spacial score (nSPS) is 13.5. The summed E-state index contributed by atoms with van der Waals surface area (Å²) < 4.78 is 33.6. The number of nitrogens with one attached hydrogen (secondary N) is 1. The molecule has 0 spiro atoms. The molecule has 1 amide bonds. The van der Waals surface area contributed by atoms with Crippen LogP contribution in [-0.4, -0.2) is 81.8 Å². The Hall–Kier alpha value is -1.72. The van der Waals surface area contributed by atoms with Crippen LogP contribution in [0.5, 0.6) is 0 Å². The zero-order valence-corrected chi connectivity index (χ0v) is 33.4. The number of ether oxygens (including phenoxy) is 2. The Kier molecular flexibility index (Phi) is 30.9. The molecule has 0 aromatic heterocycles. The Morgan fingerprint density at radius 1 is 0.620 bits per heavy atom. The summed E-state index contributed by atoms with van der Waals surface area (Å²) in [4.78, 5) is 36.3. The maximum atomic E-state index is 13.8. The van der Waals surface area contributed by atoms with Gasteiger partial charge >= 0.3 is 11.9 Å². The number of rotatable bonds is 36. The second kappa shape index (κ2) is 32.0. The van der Waals surface area contributed by atoms with Crippen molar-refractivity contribution in [1.82, 2.24) is 5.32 Å². The van der Waals surface area contributed by atoms with E-state index in [2.05, 4.69) is 26.1 Å². The predicted octanol–water partition coefficient (Wildman–Crippen LogP) is 8.73. The lowest BCUT2D eigenvalue weighted by Crippen LogP contribution is -2.45. The second-order valence-corrected chi connectivity index (χ2v) is 16.6. The van der Waals surface area contributed by atoms with Gasteiger partial charge in [-0.3, -0.25) is 14.4 Å². The average molecular weight is 733 g/mol. The van der Waals surface area contributed by atoms with Gasteiger partial charge in [0.05, 0.1) is 26.2 Å². The van der Waals surface area contributed by atoms with Crippen LogP contribution in [0.4, 0.5) is 0 Å². The van der Waals surface area contributed by atoms with Gasteiger partial charge in [0.2, 0.25) is 5.91 Å². The number of carbonyl (C=O) groups is 3. The van der Waals surface area contributed by atoms with Crippen molar-refractivity contribution in [2.75, 3.05) is 44.8 Å². The Morgan fingerprint density at radius 3 is 1.70 bits per heavy atom. The SMILES string of the molecule is CCCCCCCOC(=O)CCCCCCC[N+]([O-])(CCCCCCCC(=O)OC(CCCC)CCCCC)CCCNC(=O)CS(C)(=O)=O. The molecule has 50 heavy (non-hydrogen) atoms. The molecule has 0 aliphatic rings. The molecule has 1 N–H and O–H groups in total. The summed E-state index contributed by atoms with van der Waals surface area (Å²) in [6.07, 6.45) is 24.5. The first-order valence-electron chi connectivity index (χ1n) is 20.3. The van der Waals surface area contributed by atoms with Crippen LogP contribution >= 0.6 is 0 Å². The van der Waals surface area contributed by atoms with E-state index < -0.39 is 21.5 Å². The lowest BCUT2D eigenvalue weighted by atomic mass is 10.1. The number of sulfone groups is 1. The summed E-state index contributed by atoms with van der Waals surface area (Å²) >= 11 is 0. The third-order valence-electron chi connectivity index (χ3n) is 9.17. The highest BCUT2D eigenvalue weighted by Crippen LogP contribution is 2.18. The van der Waals surface area contributed by atoms with Crippen molar-refractivity contribution in [2.24, 2.45) is 0 Å². The van der Waals surface area contributed by atoms with Gasteiger partial charge in [0.25, 0.3) is 0 Å². The summed E-state index contributed by atoms with van der Waals surface area (Å²) in [6, 6.07) is 0. The quantitative estimate of drug-likeness (QED) is 0.0292. The van der Waals surface area contributed by atoms with E-state index in [1.165, 1.54) is 25.7 Å². The number of hydrogen-bond acceptors (Lipinski definition) is 8. The molecule has 10 nitrogen and oxygen atoms in total. The minimum atomic E-state index is -3.39. The van der Waals surface area contributed by atoms with Crippen LogP contribution in [0.25, 0.3) is 0 Å². The monoisotopic (exact) mass is 733 g/mol. The molecule has 0 saturated heterocycles. The van der Waals surface area contributed by atoms with Crippen molar-refractivity contribution >= 4 is 27.7 Å². The van der Waals surface area contributed by atoms with Crippen molar-refractivity contribution in [3.8, 4) is 0 Å². The number of hydroxylamine groups is 3. The molecule has 0 aromatic rings. The molecule has 2 unspecified atom stereocenters. The summed E-state index contributed by atoms with van der Waals surface area (Å²) in [5.74, 6) is -1.29. The van der Waals surface area contributed by atoms with E-state index >= 15 is 0 Å². The van der Waals surface area contributed by atoms with Crippen LogP contribution in [0.2, 0.25) is 0 Å². The van der Waals surface area contributed by atoms with Crippen LogP contribution in [0.3, 0.4) is 0 Å². The predicted molar refractivity (Wildman–Crippen MR) is 204 cm³/mol. The zero-order valence-electron chi connectivity index (χ0n) is 32.6. The molecule has 0 bridgehead atoms. The number of hydrogen-bond donors (Lipinski definition) is 1. The smallest absolute Gasteiger partial charge is 0.306 e. The van der Waals surface area contributed by atoms with Gasteiger partial charge in [-0.05, 0) is 64.2 Å². The highest BCUT2D eigenvalue weighted by Gasteiger charge is 2.18. The van der Waals surface area contributed by atoms with Gasteiger partial charge in [-0.1, -0.05) is 97.8 Å². The van der Waals surface area contributed by atoms with E-state index in [-0.39, 0.29) is 29.2 Å². The number of unbranched alkanes of at least 4 members (excludes halogenated alkanes) is 15. The van der Waals surface area contributed by atoms with Crippen LogP contribution in [-0.2, 0) is 33.7 Å². The molecule has 0 rings (SSSR count). The summed E-state index contributed by atoms with van der Waals surface area (Å²) in [6.45, 7) is 8.68. The molecule has 2 atom stereocenters. The average Bonchev–Trinajstić information content (AvgIpc) is 3.05. The van der Waals surface area contributed by atoms with Crippen molar-refractivity contribution in [1.29, 1.82) is 0 Å². The van der Waals surface area contributed by atoms with Gasteiger partial charge in [-0.15, -0.1) is 0 Å². The molecule has 11 heteroatoms. The summed E-state index contributed by atoms with van der Waals surface area (Å²) in [5, 5.41) is 16.4. The first-order chi connectivity index (χ1) is 23.9. The largest absolute Gasteiger partial charge is 0.633 e. The van der Waals surface area contributed by atoms with Crippen molar-refractivity contribution in [2.45, 2.75) is 187 Å². The van der Waals surface area contributed by atoms with E-state index in [4.69, 9.17) is 9.47 Å². The van der Waals surface area contributed by atoms with Crippen molar-refractivity contribution < 1.29 is 36.9 Å². The third-order valence-corrected chi connectivity index (χ3v) is 9.96. The molecule has 296 valence electrons. The Balaban J connectivity index is 4.49. The maximum absolute atomic E-state index is 13.8. The summed E-state index contributed by atoms with van der Waals surface area (Å²) in [5.41, 5.74) is 0. The van der Waals surface area contributed by atoms with Crippen LogP contribution in [0.15, 0.2) is 0 Å². The van der Waals surface area contributed by atoms with Gasteiger partial charge in [0.1, 0.15) is 11.9 Å². The Labute approximate surface area is 306 Å². The Morgan fingerprint density at radius 2 is 1.10 bits per heavy atom. The van der Waals surface area contributed by atoms with Gasteiger partial charge in [-0.25, -0.2) is 8.42 Å². The van der Waals surface area contributed by atoms with Gasteiger partial charge in [-0.2, -0.15) is 0 Å². The topological polar surface area (TPSA) is 139 Å². The first-order valence-corrected chi connectivity index (χ1v) is 22.4. The fourth-order valence-electron chi connectivity index (χ4n) is 6.14. The van der Waals surface area contributed by atoms with E-state index in [9.17, 15) is 28.0 Å². The number of carbonyl (C=O) groups excluding carboxylic acids is 3. The van der Waals surface area contributed by atoms with Gasteiger partial charge in [0.15, 0.2) is 9.84 Å². The number of amides is 1. The first kappa shape index (κ1) is 48.3. The number of nitrogens with zero attached hydrogens (tertiary/aromatic N) is 1. The van der Waals surface area contributed by atoms with Crippen molar-refractivity contribution in [3.63, 3.8) is 0 Å². The van der Waals surface area contributed by atoms with E-state index in [1.807, 2.05) is 0 Å². The van der Waals surface area contributed by atoms with E-state index in [0.29, 0.717) is 45.5 Å². The molecule has 0 heterocycles. The molecular formula is C39H76N2O8S. The molecule has 0 radical (unpaired) electrons. The highest BCUT2D eigenvalue weighted by atomic mass is 32.2. The molecule has 0 fully saturated rings. The minimum Gasteiger partial charge on any atom is -0.633 e. The fraction of sp³-hybridized carbons (Fsp3) is 0.923.